The maximum atomic E-state index is 12.7. The van der Waals surface area contributed by atoms with E-state index < -0.39 is 5.97 Å². The molecule has 0 amide bonds. The molecule has 0 aliphatic carbocycles. The Morgan fingerprint density at radius 2 is 1.50 bits per heavy atom. The van der Waals surface area contributed by atoms with E-state index >= 15 is 0 Å². The number of rotatable bonds is 4. The zero-order valence-corrected chi connectivity index (χ0v) is 12.4. The lowest BCUT2D eigenvalue weighted by molar-refractivity contribution is 0.0698. The number of phenols is 1. The van der Waals surface area contributed by atoms with Gasteiger partial charge in [-0.05, 0) is 53.2 Å². The lowest BCUT2D eigenvalue weighted by Gasteiger charge is -2.09. The Balaban J connectivity index is 2.23. The third kappa shape index (κ3) is 2.63. The van der Waals surface area contributed by atoms with E-state index in [0.29, 0.717) is 33.7 Å². The molecule has 0 aromatic heterocycles. The number of hydrogen-bond donors (Lipinski definition) is 2. The predicted octanol–water partition coefficient (Wildman–Crippen LogP) is 3.29. The van der Waals surface area contributed by atoms with E-state index in [0.717, 1.165) is 0 Å². The second-order valence-electron chi connectivity index (χ2n) is 5.26. The molecule has 118 valence electrons. The standard InChI is InChI=1S/C19H12O5/c20-10-11-1-6-14-15(7-8-16(19(23)24)17(14)9-11)18(22)12-2-4-13(21)5-3-12/h1-10,21H,(H,23,24). The number of phenolic OH excluding ortho intramolecular Hbond substituents is 1. The number of carboxylic acids is 1. The fourth-order valence-corrected chi connectivity index (χ4v) is 2.59. The van der Waals surface area contributed by atoms with Crippen LogP contribution in [0.3, 0.4) is 0 Å². The number of carbonyl (C=O) groups is 3. The summed E-state index contributed by atoms with van der Waals surface area (Å²) in [5.74, 6) is -1.38. The minimum Gasteiger partial charge on any atom is -0.508 e. The van der Waals surface area contributed by atoms with E-state index in [2.05, 4.69) is 0 Å². The topological polar surface area (TPSA) is 91.7 Å². The number of benzene rings is 3. The Labute approximate surface area is 136 Å². The first-order chi connectivity index (χ1) is 11.5. The van der Waals surface area contributed by atoms with Crippen molar-refractivity contribution in [3.63, 3.8) is 0 Å². The Morgan fingerprint density at radius 3 is 2.12 bits per heavy atom. The van der Waals surface area contributed by atoms with Crippen LogP contribution in [0.4, 0.5) is 0 Å². The largest absolute Gasteiger partial charge is 0.508 e. The Kier molecular flexibility index (Phi) is 3.83. The summed E-state index contributed by atoms with van der Waals surface area (Å²) in [6.07, 6.45) is 0.625. The van der Waals surface area contributed by atoms with Crippen LogP contribution in [0.2, 0.25) is 0 Å². The van der Waals surface area contributed by atoms with Gasteiger partial charge in [0.25, 0.3) is 0 Å². The van der Waals surface area contributed by atoms with Crippen LogP contribution in [-0.4, -0.2) is 28.3 Å². The fraction of sp³-hybridized carbons (Fsp3) is 0. The van der Waals surface area contributed by atoms with Crippen LogP contribution in [0.1, 0.15) is 36.6 Å². The molecular weight excluding hydrogens is 308 g/mol. The van der Waals surface area contributed by atoms with E-state index in [1.54, 1.807) is 6.07 Å². The predicted molar refractivity (Wildman–Crippen MR) is 87.8 cm³/mol. The van der Waals surface area contributed by atoms with E-state index in [4.69, 9.17) is 0 Å². The van der Waals surface area contributed by atoms with Crippen LogP contribution < -0.4 is 0 Å². The highest BCUT2D eigenvalue weighted by Gasteiger charge is 2.17. The molecule has 0 atom stereocenters. The first-order valence-corrected chi connectivity index (χ1v) is 7.10. The molecule has 0 unspecified atom stereocenters. The number of aldehydes is 1. The summed E-state index contributed by atoms with van der Waals surface area (Å²) >= 11 is 0. The van der Waals surface area contributed by atoms with Gasteiger partial charge >= 0.3 is 5.97 Å². The second kappa shape index (κ2) is 5.96. The molecule has 0 aliphatic heterocycles. The molecule has 3 rings (SSSR count). The van der Waals surface area contributed by atoms with Gasteiger partial charge in [0.15, 0.2) is 5.78 Å². The number of fused-ring (bicyclic) bond motifs is 1. The van der Waals surface area contributed by atoms with Crippen molar-refractivity contribution in [3.05, 3.63) is 76.9 Å². The van der Waals surface area contributed by atoms with Crippen LogP contribution in [0.25, 0.3) is 10.8 Å². The van der Waals surface area contributed by atoms with E-state index in [1.807, 2.05) is 0 Å². The van der Waals surface area contributed by atoms with Crippen molar-refractivity contribution in [2.75, 3.05) is 0 Å². The normalized spacial score (nSPS) is 10.5. The summed E-state index contributed by atoms with van der Waals surface area (Å²) in [5, 5.41) is 19.4. The number of carbonyl (C=O) groups excluding carboxylic acids is 2. The average Bonchev–Trinajstić information content (AvgIpc) is 2.60. The quantitative estimate of drug-likeness (QED) is 0.568. The lowest BCUT2D eigenvalue weighted by atomic mass is 9.93. The third-order valence-corrected chi connectivity index (χ3v) is 3.78. The number of ketones is 1. The smallest absolute Gasteiger partial charge is 0.336 e. The van der Waals surface area contributed by atoms with Gasteiger partial charge in [-0.3, -0.25) is 9.59 Å². The Hall–Kier alpha value is -3.47. The molecule has 5 heteroatoms. The summed E-state index contributed by atoms with van der Waals surface area (Å²) in [4.78, 5) is 35.1. The van der Waals surface area contributed by atoms with Crippen LogP contribution in [0, 0.1) is 0 Å². The van der Waals surface area contributed by atoms with Crippen molar-refractivity contribution in [3.8, 4) is 5.75 Å². The van der Waals surface area contributed by atoms with Crippen molar-refractivity contribution in [1.82, 2.24) is 0 Å². The maximum Gasteiger partial charge on any atom is 0.336 e. The summed E-state index contributed by atoms with van der Waals surface area (Å²) in [7, 11) is 0. The van der Waals surface area contributed by atoms with Crippen molar-refractivity contribution in [2.45, 2.75) is 0 Å². The molecule has 24 heavy (non-hydrogen) atoms. The number of hydrogen-bond acceptors (Lipinski definition) is 4. The van der Waals surface area contributed by atoms with Crippen molar-refractivity contribution >= 4 is 28.8 Å². The van der Waals surface area contributed by atoms with Gasteiger partial charge in [0.2, 0.25) is 0 Å². The molecule has 0 saturated carbocycles. The molecule has 3 aromatic rings. The number of aromatic carboxylic acids is 1. The van der Waals surface area contributed by atoms with E-state index in [9.17, 15) is 24.6 Å². The van der Waals surface area contributed by atoms with Crippen LogP contribution in [0.15, 0.2) is 54.6 Å². The van der Waals surface area contributed by atoms with Gasteiger partial charge in [-0.15, -0.1) is 0 Å². The summed E-state index contributed by atoms with van der Waals surface area (Å²) in [5.41, 5.74) is 1.06. The highest BCUT2D eigenvalue weighted by Crippen LogP contribution is 2.26. The molecule has 0 aliphatic rings. The molecule has 5 nitrogen and oxygen atoms in total. The summed E-state index contributed by atoms with van der Waals surface area (Å²) < 4.78 is 0. The van der Waals surface area contributed by atoms with Gasteiger partial charge in [0.05, 0.1) is 5.56 Å². The lowest BCUT2D eigenvalue weighted by Crippen LogP contribution is -2.05. The third-order valence-electron chi connectivity index (χ3n) is 3.78. The minimum atomic E-state index is -1.13. The second-order valence-corrected chi connectivity index (χ2v) is 5.26. The van der Waals surface area contributed by atoms with Crippen molar-refractivity contribution in [2.24, 2.45) is 0 Å². The van der Waals surface area contributed by atoms with Gasteiger partial charge in [-0.2, -0.15) is 0 Å². The van der Waals surface area contributed by atoms with Gasteiger partial charge in [-0.25, -0.2) is 4.79 Å². The van der Waals surface area contributed by atoms with E-state index in [-0.39, 0.29) is 17.1 Å². The van der Waals surface area contributed by atoms with E-state index in [1.165, 1.54) is 48.5 Å². The van der Waals surface area contributed by atoms with Crippen LogP contribution in [-0.2, 0) is 0 Å². The summed E-state index contributed by atoms with van der Waals surface area (Å²) in [6, 6.07) is 13.2. The monoisotopic (exact) mass is 320 g/mol. The zero-order valence-electron chi connectivity index (χ0n) is 12.4. The fourth-order valence-electron chi connectivity index (χ4n) is 2.59. The Bertz CT molecular complexity index is 971. The van der Waals surface area contributed by atoms with Gasteiger partial charge < -0.3 is 10.2 Å². The zero-order chi connectivity index (χ0) is 17.3. The average molecular weight is 320 g/mol. The molecule has 0 heterocycles. The number of carboxylic acid groups (broad SMARTS) is 1. The molecule has 0 radical (unpaired) electrons. The van der Waals surface area contributed by atoms with Gasteiger partial charge in [0.1, 0.15) is 12.0 Å². The van der Waals surface area contributed by atoms with Crippen LogP contribution >= 0.6 is 0 Å². The molecule has 3 aromatic carbocycles. The Morgan fingerprint density at radius 1 is 0.833 bits per heavy atom. The van der Waals surface area contributed by atoms with Crippen LogP contribution in [0.5, 0.6) is 5.75 Å². The highest BCUT2D eigenvalue weighted by molar-refractivity contribution is 6.19. The molecular formula is C19H12O5. The van der Waals surface area contributed by atoms with Gasteiger partial charge in [-0.1, -0.05) is 12.1 Å². The summed E-state index contributed by atoms with van der Waals surface area (Å²) in [6.45, 7) is 0. The first kappa shape index (κ1) is 15.4. The molecule has 0 fully saturated rings. The molecule has 2 N–H and O–H groups in total. The molecule has 0 saturated heterocycles. The number of aromatic hydroxyl groups is 1. The minimum absolute atomic E-state index is 0.0240. The SMILES string of the molecule is O=Cc1ccc2c(C(=O)c3ccc(O)cc3)ccc(C(=O)O)c2c1. The first-order valence-electron chi connectivity index (χ1n) is 7.10. The van der Waals surface area contributed by atoms with Crippen molar-refractivity contribution in [1.29, 1.82) is 0 Å². The van der Waals surface area contributed by atoms with Gasteiger partial charge in [0, 0.05) is 16.7 Å². The molecule has 0 bridgehead atoms. The molecule has 0 spiro atoms. The maximum absolute atomic E-state index is 12.7. The highest BCUT2D eigenvalue weighted by atomic mass is 16.4. The van der Waals surface area contributed by atoms with Crippen molar-refractivity contribution < 1.29 is 24.6 Å².